The SMILES string of the molecule is COCc1cccc(CNCCCN2CCCCC2C)c1. The van der Waals surface area contributed by atoms with Gasteiger partial charge >= 0.3 is 0 Å². The fourth-order valence-electron chi connectivity index (χ4n) is 3.13. The van der Waals surface area contributed by atoms with Crippen molar-refractivity contribution >= 4 is 0 Å². The molecule has 1 aliphatic rings. The third-order valence-electron chi connectivity index (χ3n) is 4.37. The van der Waals surface area contributed by atoms with Crippen molar-refractivity contribution in [2.45, 2.75) is 51.8 Å². The van der Waals surface area contributed by atoms with Gasteiger partial charge in [-0.1, -0.05) is 30.7 Å². The van der Waals surface area contributed by atoms with Crippen LogP contribution in [0.3, 0.4) is 0 Å². The number of methoxy groups -OCH3 is 1. The molecule has 3 heteroatoms. The van der Waals surface area contributed by atoms with E-state index in [1.807, 2.05) is 0 Å². The molecule has 0 bridgehead atoms. The Morgan fingerprint density at radius 1 is 1.29 bits per heavy atom. The largest absolute Gasteiger partial charge is 0.380 e. The molecule has 21 heavy (non-hydrogen) atoms. The van der Waals surface area contributed by atoms with E-state index < -0.39 is 0 Å². The van der Waals surface area contributed by atoms with Crippen molar-refractivity contribution in [1.82, 2.24) is 10.2 Å². The van der Waals surface area contributed by atoms with Gasteiger partial charge in [-0.25, -0.2) is 0 Å². The molecule has 0 spiro atoms. The van der Waals surface area contributed by atoms with Crippen molar-refractivity contribution in [1.29, 1.82) is 0 Å². The van der Waals surface area contributed by atoms with Crippen LogP contribution < -0.4 is 5.32 Å². The number of hydrogen-bond acceptors (Lipinski definition) is 3. The van der Waals surface area contributed by atoms with Gasteiger partial charge in [0.1, 0.15) is 0 Å². The predicted octanol–water partition coefficient (Wildman–Crippen LogP) is 3.19. The minimum absolute atomic E-state index is 0.695. The highest BCUT2D eigenvalue weighted by atomic mass is 16.5. The first-order valence-electron chi connectivity index (χ1n) is 8.31. The third-order valence-corrected chi connectivity index (χ3v) is 4.37. The van der Waals surface area contributed by atoms with Gasteiger partial charge < -0.3 is 15.0 Å². The standard InChI is InChI=1S/C18H30N2O/c1-16-7-3-4-11-20(16)12-6-10-19-14-17-8-5-9-18(13-17)15-21-2/h5,8-9,13,16,19H,3-4,6-7,10-12,14-15H2,1-2H3. The van der Waals surface area contributed by atoms with Crippen LogP contribution in [-0.2, 0) is 17.9 Å². The Hall–Kier alpha value is -0.900. The van der Waals surface area contributed by atoms with Crippen LogP contribution in [0, 0.1) is 0 Å². The van der Waals surface area contributed by atoms with Crippen molar-refractivity contribution in [3.63, 3.8) is 0 Å². The molecule has 3 nitrogen and oxygen atoms in total. The van der Waals surface area contributed by atoms with Gasteiger partial charge in [-0.2, -0.15) is 0 Å². The lowest BCUT2D eigenvalue weighted by Gasteiger charge is -2.33. The molecule has 1 aromatic carbocycles. The van der Waals surface area contributed by atoms with E-state index in [4.69, 9.17) is 4.74 Å². The van der Waals surface area contributed by atoms with Crippen molar-refractivity contribution in [3.8, 4) is 0 Å². The maximum absolute atomic E-state index is 5.18. The smallest absolute Gasteiger partial charge is 0.0713 e. The van der Waals surface area contributed by atoms with Crippen LogP contribution >= 0.6 is 0 Å². The highest BCUT2D eigenvalue weighted by Gasteiger charge is 2.16. The molecule has 0 amide bonds. The zero-order chi connectivity index (χ0) is 14.9. The molecule has 1 heterocycles. The number of rotatable bonds is 8. The number of nitrogens with zero attached hydrogens (tertiary/aromatic N) is 1. The van der Waals surface area contributed by atoms with Gasteiger partial charge in [0.25, 0.3) is 0 Å². The van der Waals surface area contributed by atoms with Gasteiger partial charge in [-0.05, 0) is 56.9 Å². The quantitative estimate of drug-likeness (QED) is 0.744. The molecule has 2 rings (SSSR count). The van der Waals surface area contributed by atoms with E-state index in [9.17, 15) is 0 Å². The topological polar surface area (TPSA) is 24.5 Å². The number of ether oxygens (including phenoxy) is 1. The summed E-state index contributed by atoms with van der Waals surface area (Å²) in [5.74, 6) is 0. The summed E-state index contributed by atoms with van der Waals surface area (Å²) in [4.78, 5) is 2.64. The summed E-state index contributed by atoms with van der Waals surface area (Å²) in [6.45, 7) is 7.64. The monoisotopic (exact) mass is 290 g/mol. The van der Waals surface area contributed by atoms with Crippen LogP contribution in [0.15, 0.2) is 24.3 Å². The van der Waals surface area contributed by atoms with Gasteiger partial charge in [0.05, 0.1) is 6.61 Å². The summed E-state index contributed by atoms with van der Waals surface area (Å²) in [5.41, 5.74) is 2.59. The Morgan fingerprint density at radius 2 is 2.14 bits per heavy atom. The molecule has 1 saturated heterocycles. The van der Waals surface area contributed by atoms with Crippen molar-refractivity contribution in [2.24, 2.45) is 0 Å². The summed E-state index contributed by atoms with van der Waals surface area (Å²) in [6.07, 6.45) is 5.40. The summed E-state index contributed by atoms with van der Waals surface area (Å²) in [7, 11) is 1.74. The number of likely N-dealkylation sites (tertiary alicyclic amines) is 1. The van der Waals surface area contributed by atoms with Crippen molar-refractivity contribution in [3.05, 3.63) is 35.4 Å². The van der Waals surface area contributed by atoms with Crippen LogP contribution in [0.4, 0.5) is 0 Å². The van der Waals surface area contributed by atoms with Crippen LogP contribution in [-0.4, -0.2) is 37.7 Å². The van der Waals surface area contributed by atoms with Crippen molar-refractivity contribution in [2.75, 3.05) is 26.7 Å². The first-order valence-corrected chi connectivity index (χ1v) is 8.31. The molecule has 0 aliphatic carbocycles. The number of benzene rings is 1. The average Bonchev–Trinajstić information content (AvgIpc) is 2.49. The van der Waals surface area contributed by atoms with Crippen LogP contribution in [0.5, 0.6) is 0 Å². The molecule has 1 unspecified atom stereocenters. The van der Waals surface area contributed by atoms with E-state index in [1.54, 1.807) is 7.11 Å². The molecule has 1 aromatic rings. The summed E-state index contributed by atoms with van der Waals surface area (Å²) < 4.78 is 5.18. The molecule has 0 radical (unpaired) electrons. The van der Waals surface area contributed by atoms with Crippen LogP contribution in [0.1, 0.15) is 43.7 Å². The molecular formula is C18H30N2O. The molecule has 0 saturated carbocycles. The lowest BCUT2D eigenvalue weighted by Crippen LogP contribution is -2.38. The lowest BCUT2D eigenvalue weighted by molar-refractivity contribution is 0.159. The number of hydrogen-bond donors (Lipinski definition) is 1. The van der Waals surface area contributed by atoms with Gasteiger partial charge in [0.15, 0.2) is 0 Å². The van der Waals surface area contributed by atoms with Gasteiger partial charge in [-0.15, -0.1) is 0 Å². The fraction of sp³-hybridized carbons (Fsp3) is 0.667. The maximum Gasteiger partial charge on any atom is 0.0713 e. The van der Waals surface area contributed by atoms with Crippen LogP contribution in [0.2, 0.25) is 0 Å². The average molecular weight is 290 g/mol. The summed E-state index contributed by atoms with van der Waals surface area (Å²) in [5, 5.41) is 3.56. The van der Waals surface area contributed by atoms with Gasteiger partial charge in [-0.3, -0.25) is 0 Å². The number of nitrogens with one attached hydrogen (secondary N) is 1. The molecule has 1 aliphatic heterocycles. The lowest BCUT2D eigenvalue weighted by atomic mass is 10.0. The van der Waals surface area contributed by atoms with Gasteiger partial charge in [0.2, 0.25) is 0 Å². The highest BCUT2D eigenvalue weighted by Crippen LogP contribution is 2.16. The molecule has 1 atom stereocenters. The highest BCUT2D eigenvalue weighted by molar-refractivity contribution is 5.22. The fourth-order valence-corrected chi connectivity index (χ4v) is 3.13. The zero-order valence-electron chi connectivity index (χ0n) is 13.6. The van der Waals surface area contributed by atoms with E-state index >= 15 is 0 Å². The van der Waals surface area contributed by atoms with E-state index in [1.165, 1.54) is 49.9 Å². The summed E-state index contributed by atoms with van der Waals surface area (Å²) in [6, 6.07) is 9.41. The van der Waals surface area contributed by atoms with E-state index in [0.717, 1.165) is 19.1 Å². The second kappa shape index (κ2) is 9.19. The zero-order valence-corrected chi connectivity index (χ0v) is 13.6. The normalized spacial score (nSPS) is 19.8. The second-order valence-electron chi connectivity index (χ2n) is 6.16. The molecular weight excluding hydrogens is 260 g/mol. The Morgan fingerprint density at radius 3 is 2.95 bits per heavy atom. The van der Waals surface area contributed by atoms with E-state index in [0.29, 0.717) is 6.61 Å². The van der Waals surface area contributed by atoms with E-state index in [-0.39, 0.29) is 0 Å². The van der Waals surface area contributed by atoms with Gasteiger partial charge in [0, 0.05) is 19.7 Å². The maximum atomic E-state index is 5.18. The summed E-state index contributed by atoms with van der Waals surface area (Å²) >= 11 is 0. The molecule has 0 aromatic heterocycles. The van der Waals surface area contributed by atoms with E-state index in [2.05, 4.69) is 41.4 Å². The third kappa shape index (κ3) is 5.77. The first kappa shape index (κ1) is 16.5. The number of piperidine rings is 1. The Bertz CT molecular complexity index is 408. The predicted molar refractivity (Wildman–Crippen MR) is 88.4 cm³/mol. The minimum Gasteiger partial charge on any atom is -0.380 e. The molecule has 1 fully saturated rings. The van der Waals surface area contributed by atoms with Crippen LogP contribution in [0.25, 0.3) is 0 Å². The van der Waals surface area contributed by atoms with Crippen molar-refractivity contribution < 1.29 is 4.74 Å². The Balaban J connectivity index is 1.62. The minimum atomic E-state index is 0.695. The Kier molecular flexibility index (Phi) is 7.20. The molecule has 1 N–H and O–H groups in total. The Labute approximate surface area is 129 Å². The first-order chi connectivity index (χ1) is 10.3. The molecule has 118 valence electrons. The second-order valence-corrected chi connectivity index (χ2v) is 6.16.